The number of amides is 3. The number of halogens is 2. The highest BCUT2D eigenvalue weighted by Crippen LogP contribution is 2.50. The van der Waals surface area contributed by atoms with Gasteiger partial charge in [0.05, 0.1) is 13.2 Å². The van der Waals surface area contributed by atoms with E-state index >= 15 is 0 Å². The molecule has 2 aromatic rings. The van der Waals surface area contributed by atoms with Gasteiger partial charge in [0.2, 0.25) is 17.7 Å². The van der Waals surface area contributed by atoms with Gasteiger partial charge in [0.1, 0.15) is 23.5 Å². The van der Waals surface area contributed by atoms with Crippen molar-refractivity contribution in [1.82, 2.24) is 20.5 Å². The summed E-state index contributed by atoms with van der Waals surface area (Å²) in [7, 11) is 1.52. The van der Waals surface area contributed by atoms with Crippen LogP contribution in [0.3, 0.4) is 0 Å². The topological polar surface area (TPSA) is 127 Å². The first-order valence-electron chi connectivity index (χ1n) is 12.0. The summed E-state index contributed by atoms with van der Waals surface area (Å²) in [6.07, 6.45) is -0.208. The van der Waals surface area contributed by atoms with Crippen molar-refractivity contribution < 1.29 is 27.9 Å². The number of alkyl halides is 2. The van der Waals surface area contributed by atoms with E-state index in [9.17, 15) is 28.4 Å². The van der Waals surface area contributed by atoms with Crippen LogP contribution in [0.15, 0.2) is 24.3 Å². The molecular weight excluding hydrogens is 472 g/mol. The van der Waals surface area contributed by atoms with Crippen LogP contribution in [0.25, 0.3) is 10.9 Å². The smallest absolute Gasteiger partial charge is 0.271 e. The number of carbonyl (C=O) groups excluding carboxylic acids is 3. The number of hydrogen-bond acceptors (Lipinski definition) is 5. The molecule has 3 N–H and O–H groups in total. The summed E-state index contributed by atoms with van der Waals surface area (Å²) in [5.41, 5.74) is 0.891. The monoisotopic (exact) mass is 499 g/mol. The number of fused-ring (bicyclic) bond motifs is 2. The normalized spacial score (nSPS) is 27.4. The molecule has 3 aliphatic rings. The van der Waals surface area contributed by atoms with Crippen LogP contribution in [-0.2, 0) is 9.59 Å². The van der Waals surface area contributed by atoms with Crippen LogP contribution < -0.4 is 15.4 Å². The molecule has 11 heteroatoms. The predicted molar refractivity (Wildman–Crippen MR) is 124 cm³/mol. The average molecular weight is 500 g/mol. The predicted octanol–water partition coefficient (Wildman–Crippen LogP) is 2.20. The highest BCUT2D eigenvalue weighted by atomic mass is 19.3. The van der Waals surface area contributed by atoms with Crippen molar-refractivity contribution in [3.8, 4) is 11.8 Å². The van der Waals surface area contributed by atoms with E-state index in [2.05, 4.69) is 15.6 Å². The number of rotatable bonds is 6. The fraction of sp³-hybridized carbons (Fsp3) is 0.520. The van der Waals surface area contributed by atoms with Crippen molar-refractivity contribution in [2.24, 2.45) is 17.8 Å². The SMILES string of the molecule is COc1cccc2[nH]c(C(=O)N3C[C@@H]4CC(F)(F)C[C@@H]4[C@@H]3C(=O)N[C@H](C#N)C[C@@H]3CCNC3=O)cc12. The van der Waals surface area contributed by atoms with Crippen LogP contribution in [0.5, 0.6) is 5.75 Å². The number of nitriles is 1. The Kier molecular flexibility index (Phi) is 6.06. The second kappa shape index (κ2) is 9.08. The molecule has 190 valence electrons. The summed E-state index contributed by atoms with van der Waals surface area (Å²) < 4.78 is 33.9. The molecule has 1 aromatic heterocycles. The second-order valence-electron chi connectivity index (χ2n) is 9.90. The molecule has 0 bridgehead atoms. The van der Waals surface area contributed by atoms with Crippen molar-refractivity contribution in [3.63, 3.8) is 0 Å². The van der Waals surface area contributed by atoms with Gasteiger partial charge in [-0.15, -0.1) is 0 Å². The summed E-state index contributed by atoms with van der Waals surface area (Å²) >= 11 is 0. The Balaban J connectivity index is 1.40. The van der Waals surface area contributed by atoms with Crippen molar-refractivity contribution >= 4 is 28.6 Å². The van der Waals surface area contributed by atoms with E-state index in [0.29, 0.717) is 29.6 Å². The Morgan fingerprint density at radius 2 is 2.17 bits per heavy atom. The van der Waals surface area contributed by atoms with Crippen LogP contribution in [0.4, 0.5) is 8.78 Å². The van der Waals surface area contributed by atoms with E-state index in [1.54, 1.807) is 24.3 Å². The maximum atomic E-state index is 14.3. The molecule has 3 amide bonds. The van der Waals surface area contributed by atoms with Crippen molar-refractivity contribution in [1.29, 1.82) is 5.26 Å². The maximum absolute atomic E-state index is 14.3. The fourth-order valence-electron chi connectivity index (χ4n) is 5.97. The van der Waals surface area contributed by atoms with E-state index in [0.717, 1.165) is 0 Å². The summed E-state index contributed by atoms with van der Waals surface area (Å²) in [4.78, 5) is 43.3. The number of carbonyl (C=O) groups is 3. The van der Waals surface area contributed by atoms with Gasteiger partial charge >= 0.3 is 0 Å². The number of ether oxygens (including phenoxy) is 1. The lowest BCUT2D eigenvalue weighted by Crippen LogP contribution is -2.51. The summed E-state index contributed by atoms with van der Waals surface area (Å²) in [5, 5.41) is 15.6. The van der Waals surface area contributed by atoms with Gasteiger partial charge in [-0.25, -0.2) is 8.78 Å². The third-order valence-electron chi connectivity index (χ3n) is 7.63. The molecule has 9 nitrogen and oxygen atoms in total. The number of nitrogens with zero attached hydrogens (tertiary/aromatic N) is 2. The molecule has 3 fully saturated rings. The molecule has 2 saturated heterocycles. The number of hydrogen-bond donors (Lipinski definition) is 3. The standard InChI is InChI=1S/C25H27F2N5O4/c1-36-20-4-2-3-18-16(20)8-19(31-18)24(35)32-12-14-9-25(26,27)10-17(14)21(32)23(34)30-15(11-28)7-13-5-6-29-22(13)33/h2-4,8,13-15,17,21,31H,5-7,9-10,12H2,1H3,(H,29,33)(H,30,34)/t13-,14-,15-,17-,21+/m0/s1. The van der Waals surface area contributed by atoms with Crippen molar-refractivity contribution in [2.75, 3.05) is 20.2 Å². The highest BCUT2D eigenvalue weighted by Gasteiger charge is 2.58. The van der Waals surface area contributed by atoms with Gasteiger partial charge < -0.3 is 25.3 Å². The van der Waals surface area contributed by atoms with E-state index in [-0.39, 0.29) is 24.6 Å². The second-order valence-corrected chi connectivity index (χ2v) is 9.90. The molecule has 1 aliphatic carbocycles. The van der Waals surface area contributed by atoms with E-state index in [4.69, 9.17) is 4.74 Å². The number of aromatic amines is 1. The molecule has 0 unspecified atom stereocenters. The highest BCUT2D eigenvalue weighted by molar-refractivity contribution is 6.02. The zero-order valence-corrected chi connectivity index (χ0v) is 19.7. The molecule has 1 aromatic carbocycles. The average Bonchev–Trinajstić information content (AvgIpc) is 3.59. The van der Waals surface area contributed by atoms with Gasteiger partial charge in [-0.05, 0) is 42.9 Å². The van der Waals surface area contributed by atoms with E-state index in [1.165, 1.54) is 12.0 Å². The molecule has 36 heavy (non-hydrogen) atoms. The number of likely N-dealkylation sites (tertiary alicyclic amines) is 1. The fourth-order valence-corrected chi connectivity index (χ4v) is 5.97. The largest absolute Gasteiger partial charge is 0.496 e. The van der Waals surface area contributed by atoms with Crippen LogP contribution in [0, 0.1) is 29.1 Å². The van der Waals surface area contributed by atoms with Crippen LogP contribution in [0.1, 0.15) is 36.2 Å². The first-order chi connectivity index (χ1) is 17.2. The number of H-pyrrole nitrogens is 1. The van der Waals surface area contributed by atoms with Gasteiger partial charge in [-0.2, -0.15) is 5.26 Å². The van der Waals surface area contributed by atoms with Crippen molar-refractivity contribution in [3.05, 3.63) is 30.0 Å². The van der Waals surface area contributed by atoms with E-state index in [1.807, 2.05) is 6.07 Å². The molecule has 5 atom stereocenters. The Morgan fingerprint density at radius 1 is 1.36 bits per heavy atom. The molecule has 1 saturated carbocycles. The van der Waals surface area contributed by atoms with Gasteiger partial charge in [0.15, 0.2) is 0 Å². The first kappa shape index (κ1) is 24.0. The lowest BCUT2D eigenvalue weighted by Gasteiger charge is -2.28. The minimum Gasteiger partial charge on any atom is -0.496 e. The zero-order valence-electron chi connectivity index (χ0n) is 19.7. The minimum absolute atomic E-state index is 0.0198. The Labute approximate surface area is 206 Å². The van der Waals surface area contributed by atoms with Crippen LogP contribution in [-0.4, -0.2) is 65.8 Å². The number of benzene rings is 1. The Hall–Kier alpha value is -3.68. The molecule has 0 radical (unpaired) electrons. The molecule has 2 aliphatic heterocycles. The number of aromatic nitrogens is 1. The number of methoxy groups -OCH3 is 1. The summed E-state index contributed by atoms with van der Waals surface area (Å²) in [6.45, 7) is 0.528. The van der Waals surface area contributed by atoms with Crippen LogP contribution >= 0.6 is 0 Å². The van der Waals surface area contributed by atoms with Crippen LogP contribution in [0.2, 0.25) is 0 Å². The zero-order chi connectivity index (χ0) is 25.6. The minimum atomic E-state index is -2.91. The van der Waals surface area contributed by atoms with E-state index < -0.39 is 60.4 Å². The third-order valence-corrected chi connectivity index (χ3v) is 7.63. The van der Waals surface area contributed by atoms with Gasteiger partial charge in [0, 0.05) is 42.8 Å². The Morgan fingerprint density at radius 3 is 2.86 bits per heavy atom. The van der Waals surface area contributed by atoms with Gasteiger partial charge in [-0.3, -0.25) is 14.4 Å². The number of nitrogens with one attached hydrogen (secondary N) is 3. The third kappa shape index (κ3) is 4.25. The summed E-state index contributed by atoms with van der Waals surface area (Å²) in [5.74, 6) is -5.29. The lowest BCUT2D eigenvalue weighted by molar-refractivity contribution is -0.127. The molecule has 0 spiro atoms. The Bertz CT molecular complexity index is 1250. The molecule has 3 heterocycles. The molecule has 5 rings (SSSR count). The molecular formula is C25H27F2N5O4. The first-order valence-corrected chi connectivity index (χ1v) is 12.0. The van der Waals surface area contributed by atoms with Gasteiger partial charge in [0.25, 0.3) is 5.91 Å². The quantitative estimate of drug-likeness (QED) is 0.562. The van der Waals surface area contributed by atoms with Crippen molar-refractivity contribution in [2.45, 2.75) is 43.7 Å². The maximum Gasteiger partial charge on any atom is 0.271 e. The lowest BCUT2D eigenvalue weighted by atomic mass is 9.92. The summed E-state index contributed by atoms with van der Waals surface area (Å²) in [6, 6.07) is 6.84. The van der Waals surface area contributed by atoms with Gasteiger partial charge in [-0.1, -0.05) is 6.07 Å².